The maximum absolute atomic E-state index is 13.0. The van der Waals surface area contributed by atoms with E-state index in [2.05, 4.69) is 22.7 Å². The first kappa shape index (κ1) is 18.7. The lowest BCUT2D eigenvalue weighted by Gasteiger charge is -2.09. The lowest BCUT2D eigenvalue weighted by Crippen LogP contribution is -2.18. The Balaban J connectivity index is 1.45. The van der Waals surface area contributed by atoms with E-state index in [1.165, 1.54) is 5.39 Å². The topological polar surface area (TPSA) is 54.4 Å². The van der Waals surface area contributed by atoms with Gasteiger partial charge in [-0.3, -0.25) is 4.79 Å². The maximum Gasteiger partial charge on any atom is 0.272 e. The third-order valence-electron chi connectivity index (χ3n) is 5.18. The number of hydrazone groups is 1. The van der Waals surface area contributed by atoms with Crippen LogP contribution in [-0.2, 0) is 0 Å². The van der Waals surface area contributed by atoms with Gasteiger partial charge in [0.05, 0.1) is 23.0 Å². The van der Waals surface area contributed by atoms with Crippen LogP contribution >= 0.6 is 0 Å². The monoisotopic (exact) mass is 401 g/mol. The van der Waals surface area contributed by atoms with Gasteiger partial charge in [-0.05, 0) is 34.5 Å². The first-order valence-electron chi connectivity index (χ1n) is 10.1. The molecule has 1 N–H and O–H groups in total. The summed E-state index contributed by atoms with van der Waals surface area (Å²) in [4.78, 5) is 17.7. The smallest absolute Gasteiger partial charge is 0.267 e. The second-order valence-corrected chi connectivity index (χ2v) is 7.24. The highest BCUT2D eigenvalue weighted by molar-refractivity contribution is 6.07. The van der Waals surface area contributed by atoms with Crippen LogP contribution in [0.2, 0.25) is 0 Å². The molecule has 1 aromatic heterocycles. The molecule has 148 valence electrons. The van der Waals surface area contributed by atoms with E-state index in [0.717, 1.165) is 33.1 Å². The summed E-state index contributed by atoms with van der Waals surface area (Å²) in [5.41, 5.74) is 6.61. The molecule has 0 aliphatic rings. The minimum Gasteiger partial charge on any atom is -0.267 e. The third kappa shape index (κ3) is 3.91. The van der Waals surface area contributed by atoms with Gasteiger partial charge in [-0.25, -0.2) is 10.4 Å². The third-order valence-corrected chi connectivity index (χ3v) is 5.18. The van der Waals surface area contributed by atoms with Gasteiger partial charge in [-0.1, -0.05) is 84.9 Å². The van der Waals surface area contributed by atoms with Gasteiger partial charge >= 0.3 is 0 Å². The number of fused-ring (bicyclic) bond motifs is 2. The first-order valence-corrected chi connectivity index (χ1v) is 10.1. The van der Waals surface area contributed by atoms with Crippen LogP contribution in [0.25, 0.3) is 32.9 Å². The minimum atomic E-state index is -0.271. The van der Waals surface area contributed by atoms with Gasteiger partial charge in [0, 0.05) is 10.9 Å². The van der Waals surface area contributed by atoms with Crippen molar-refractivity contribution in [2.45, 2.75) is 0 Å². The molecule has 0 aliphatic carbocycles. The Morgan fingerprint density at radius 1 is 0.774 bits per heavy atom. The number of carbonyl (C=O) groups excluding carboxylic acids is 1. The summed E-state index contributed by atoms with van der Waals surface area (Å²) in [5, 5.41) is 7.28. The summed E-state index contributed by atoms with van der Waals surface area (Å²) < 4.78 is 0. The Kier molecular flexibility index (Phi) is 4.95. The molecule has 0 spiro atoms. The van der Waals surface area contributed by atoms with Crippen molar-refractivity contribution in [1.29, 1.82) is 0 Å². The van der Waals surface area contributed by atoms with E-state index < -0.39 is 0 Å². The molecular weight excluding hydrogens is 382 g/mol. The molecule has 4 nitrogen and oxygen atoms in total. The number of nitrogens with zero attached hydrogens (tertiary/aromatic N) is 2. The highest BCUT2D eigenvalue weighted by Crippen LogP contribution is 2.24. The van der Waals surface area contributed by atoms with Crippen LogP contribution in [0.5, 0.6) is 0 Å². The predicted molar refractivity (Wildman–Crippen MR) is 126 cm³/mol. The molecule has 0 saturated carbocycles. The van der Waals surface area contributed by atoms with E-state index in [1.54, 1.807) is 6.21 Å². The second kappa shape index (κ2) is 8.20. The summed E-state index contributed by atoms with van der Waals surface area (Å²) in [5.74, 6) is -0.271. The lowest BCUT2D eigenvalue weighted by molar-refractivity contribution is 0.0956. The van der Waals surface area contributed by atoms with Crippen molar-refractivity contribution in [3.63, 3.8) is 0 Å². The number of nitrogens with one attached hydrogen (secondary N) is 1. The number of benzene rings is 4. The van der Waals surface area contributed by atoms with E-state index in [0.29, 0.717) is 5.56 Å². The van der Waals surface area contributed by atoms with Crippen LogP contribution in [0.4, 0.5) is 0 Å². The highest BCUT2D eigenvalue weighted by Gasteiger charge is 2.13. The lowest BCUT2D eigenvalue weighted by atomic mass is 10.0. The fourth-order valence-electron chi connectivity index (χ4n) is 3.63. The zero-order chi connectivity index (χ0) is 21.0. The van der Waals surface area contributed by atoms with Crippen LogP contribution in [0.1, 0.15) is 15.9 Å². The van der Waals surface area contributed by atoms with Gasteiger partial charge in [0.1, 0.15) is 0 Å². The molecule has 0 radical (unpaired) electrons. The maximum atomic E-state index is 13.0. The summed E-state index contributed by atoms with van der Waals surface area (Å²) in [6.45, 7) is 0. The summed E-state index contributed by atoms with van der Waals surface area (Å²) in [6, 6.07) is 33.5. The molecule has 0 atom stereocenters. The molecule has 0 saturated heterocycles. The SMILES string of the molecule is O=C(N/N=C/c1ccc2ccccc2c1)c1cc(-c2ccccc2)nc2ccccc12. The molecule has 31 heavy (non-hydrogen) atoms. The summed E-state index contributed by atoms with van der Waals surface area (Å²) in [7, 11) is 0. The van der Waals surface area contributed by atoms with Crippen molar-refractivity contribution >= 4 is 33.8 Å². The Morgan fingerprint density at radius 3 is 2.39 bits per heavy atom. The van der Waals surface area contributed by atoms with Crippen LogP contribution in [0, 0.1) is 0 Å². The number of para-hydroxylation sites is 1. The van der Waals surface area contributed by atoms with E-state index in [1.807, 2.05) is 91.0 Å². The van der Waals surface area contributed by atoms with Gasteiger partial charge < -0.3 is 0 Å². The van der Waals surface area contributed by atoms with Gasteiger partial charge in [0.2, 0.25) is 0 Å². The van der Waals surface area contributed by atoms with Crippen molar-refractivity contribution in [2.75, 3.05) is 0 Å². The number of aromatic nitrogens is 1. The molecule has 1 heterocycles. The molecule has 5 rings (SSSR count). The Bertz CT molecular complexity index is 1420. The van der Waals surface area contributed by atoms with Crippen molar-refractivity contribution in [3.8, 4) is 11.3 Å². The molecular formula is C27H19N3O. The van der Waals surface area contributed by atoms with Crippen LogP contribution in [0.15, 0.2) is 108 Å². The Labute approximate surface area is 179 Å². The fraction of sp³-hybridized carbons (Fsp3) is 0. The number of pyridine rings is 1. The van der Waals surface area contributed by atoms with Crippen LogP contribution in [-0.4, -0.2) is 17.1 Å². The molecule has 0 fully saturated rings. The highest BCUT2D eigenvalue weighted by atomic mass is 16.2. The molecule has 1 amide bonds. The fourth-order valence-corrected chi connectivity index (χ4v) is 3.63. The van der Waals surface area contributed by atoms with Gasteiger partial charge in [-0.2, -0.15) is 5.10 Å². The molecule has 4 aromatic carbocycles. The van der Waals surface area contributed by atoms with Crippen molar-refractivity contribution in [1.82, 2.24) is 10.4 Å². The Hall–Kier alpha value is -4.31. The van der Waals surface area contributed by atoms with E-state index in [9.17, 15) is 4.79 Å². The molecule has 5 aromatic rings. The molecule has 0 aliphatic heterocycles. The number of rotatable bonds is 4. The zero-order valence-corrected chi connectivity index (χ0v) is 16.7. The second-order valence-electron chi connectivity index (χ2n) is 7.24. The summed E-state index contributed by atoms with van der Waals surface area (Å²) >= 11 is 0. The number of carbonyl (C=O) groups is 1. The standard InChI is InChI=1S/C27H19N3O/c31-27(30-28-18-19-14-15-20-8-4-5-11-22(20)16-19)24-17-26(21-9-2-1-3-10-21)29-25-13-7-6-12-23(24)25/h1-18H,(H,30,31)/b28-18+. The number of amides is 1. The number of hydrogen-bond donors (Lipinski definition) is 1. The normalized spacial score (nSPS) is 11.2. The van der Waals surface area contributed by atoms with E-state index in [-0.39, 0.29) is 5.91 Å². The molecule has 4 heteroatoms. The van der Waals surface area contributed by atoms with Gasteiger partial charge in [-0.15, -0.1) is 0 Å². The van der Waals surface area contributed by atoms with Crippen LogP contribution < -0.4 is 5.43 Å². The van der Waals surface area contributed by atoms with Crippen LogP contribution in [0.3, 0.4) is 0 Å². The van der Waals surface area contributed by atoms with Crippen molar-refractivity contribution in [2.24, 2.45) is 5.10 Å². The van der Waals surface area contributed by atoms with Gasteiger partial charge in [0.15, 0.2) is 0 Å². The number of hydrogen-bond acceptors (Lipinski definition) is 3. The Morgan fingerprint density at radius 2 is 1.52 bits per heavy atom. The summed E-state index contributed by atoms with van der Waals surface area (Å²) in [6.07, 6.45) is 1.66. The van der Waals surface area contributed by atoms with Crippen molar-refractivity contribution in [3.05, 3.63) is 114 Å². The van der Waals surface area contributed by atoms with E-state index >= 15 is 0 Å². The molecule has 0 bridgehead atoms. The van der Waals surface area contributed by atoms with Gasteiger partial charge in [0.25, 0.3) is 5.91 Å². The quantitative estimate of drug-likeness (QED) is 0.305. The molecule has 0 unspecified atom stereocenters. The average molecular weight is 401 g/mol. The predicted octanol–water partition coefficient (Wildman–Crippen LogP) is 5.82. The zero-order valence-electron chi connectivity index (χ0n) is 16.7. The van der Waals surface area contributed by atoms with E-state index in [4.69, 9.17) is 4.98 Å². The first-order chi connectivity index (χ1) is 15.3. The minimum absolute atomic E-state index is 0.271. The van der Waals surface area contributed by atoms with Crippen molar-refractivity contribution < 1.29 is 4.79 Å². The largest absolute Gasteiger partial charge is 0.272 e. The average Bonchev–Trinajstić information content (AvgIpc) is 2.83.